The van der Waals surface area contributed by atoms with Gasteiger partial charge in [0, 0.05) is 19.2 Å². The molecule has 2 rings (SSSR count). The van der Waals surface area contributed by atoms with Gasteiger partial charge in [-0.05, 0) is 18.9 Å². The third kappa shape index (κ3) is 5.68. The van der Waals surface area contributed by atoms with Crippen LogP contribution in [0.4, 0.5) is 17.6 Å². The van der Waals surface area contributed by atoms with Gasteiger partial charge in [-0.1, -0.05) is 30.3 Å². The van der Waals surface area contributed by atoms with E-state index in [2.05, 4.69) is 15.6 Å². The number of guanidine groups is 1. The first-order valence-corrected chi connectivity index (χ1v) is 8.51. The van der Waals surface area contributed by atoms with E-state index in [1.807, 2.05) is 18.2 Å². The fourth-order valence-electron chi connectivity index (χ4n) is 2.43. The molecule has 0 aromatic heterocycles. The topological polar surface area (TPSA) is 56.7 Å². The molecule has 2 aromatic rings. The van der Waals surface area contributed by atoms with Gasteiger partial charge in [0.15, 0.2) is 29.2 Å². The summed E-state index contributed by atoms with van der Waals surface area (Å²) in [5.41, 5.74) is -0.0189. The first-order chi connectivity index (χ1) is 12.9. The Labute approximate surface area is 154 Å². The first-order valence-electron chi connectivity index (χ1n) is 8.51. The highest BCUT2D eigenvalue weighted by molar-refractivity contribution is 5.79. The van der Waals surface area contributed by atoms with Crippen molar-refractivity contribution in [3.8, 4) is 0 Å². The standard InChI is InChI=1S/C19H21F4N3O/c1-2-24-19(25-9-8-16(27)12-6-4-3-5-7-12)26-11-13-17(22)14(20)10-15(21)18(13)23/h3-7,10,16,27H,2,8-9,11H2,1H3,(H2,24,25,26). The number of aliphatic hydroxyl groups excluding tert-OH is 1. The van der Waals surface area contributed by atoms with Crippen molar-refractivity contribution in [2.45, 2.75) is 26.0 Å². The maximum absolute atomic E-state index is 13.7. The molecule has 0 aliphatic carbocycles. The number of hydrogen-bond acceptors (Lipinski definition) is 2. The van der Waals surface area contributed by atoms with Crippen LogP contribution >= 0.6 is 0 Å². The Bertz CT molecular complexity index is 758. The summed E-state index contributed by atoms with van der Waals surface area (Å²) in [6, 6.07) is 9.24. The zero-order chi connectivity index (χ0) is 19.8. The van der Waals surface area contributed by atoms with Crippen LogP contribution < -0.4 is 10.6 Å². The summed E-state index contributed by atoms with van der Waals surface area (Å²) in [5.74, 6) is -5.66. The normalized spacial score (nSPS) is 12.7. The predicted octanol–water partition coefficient (Wildman–Crippen LogP) is 3.42. The van der Waals surface area contributed by atoms with Crippen molar-refractivity contribution in [2.75, 3.05) is 13.1 Å². The molecular formula is C19H21F4N3O. The van der Waals surface area contributed by atoms with Gasteiger partial charge in [0.2, 0.25) is 0 Å². The highest BCUT2D eigenvalue weighted by atomic mass is 19.2. The predicted molar refractivity (Wildman–Crippen MR) is 95.1 cm³/mol. The molecule has 0 aliphatic heterocycles. The van der Waals surface area contributed by atoms with E-state index >= 15 is 0 Å². The van der Waals surface area contributed by atoms with Crippen LogP contribution in [0.2, 0.25) is 0 Å². The number of rotatable bonds is 7. The number of benzene rings is 2. The Kier molecular flexibility index (Phi) is 7.60. The third-order valence-corrected chi connectivity index (χ3v) is 3.84. The van der Waals surface area contributed by atoms with Crippen molar-refractivity contribution in [3.63, 3.8) is 0 Å². The average molecular weight is 383 g/mol. The molecule has 8 heteroatoms. The lowest BCUT2D eigenvalue weighted by molar-refractivity contribution is 0.168. The van der Waals surface area contributed by atoms with Crippen molar-refractivity contribution >= 4 is 5.96 Å². The lowest BCUT2D eigenvalue weighted by Gasteiger charge is -2.14. The van der Waals surface area contributed by atoms with Gasteiger partial charge in [-0.15, -0.1) is 0 Å². The minimum absolute atomic E-state index is 0.159. The summed E-state index contributed by atoms with van der Waals surface area (Å²) in [7, 11) is 0. The molecule has 1 unspecified atom stereocenters. The van der Waals surface area contributed by atoms with Crippen LogP contribution in [0.15, 0.2) is 41.4 Å². The van der Waals surface area contributed by atoms with Crippen molar-refractivity contribution in [3.05, 3.63) is 70.8 Å². The summed E-state index contributed by atoms with van der Waals surface area (Å²) in [5, 5.41) is 15.9. The van der Waals surface area contributed by atoms with Crippen LogP contribution in [0.1, 0.15) is 30.6 Å². The van der Waals surface area contributed by atoms with Crippen molar-refractivity contribution in [1.82, 2.24) is 10.6 Å². The number of hydrogen-bond donors (Lipinski definition) is 3. The molecular weight excluding hydrogens is 362 g/mol. The number of halogens is 4. The van der Waals surface area contributed by atoms with Gasteiger partial charge in [0.1, 0.15) is 0 Å². The van der Waals surface area contributed by atoms with Crippen molar-refractivity contribution in [1.29, 1.82) is 0 Å². The Hall–Kier alpha value is -2.61. The molecule has 0 spiro atoms. The largest absolute Gasteiger partial charge is 0.388 e. The fourth-order valence-corrected chi connectivity index (χ4v) is 2.43. The molecule has 0 saturated carbocycles. The summed E-state index contributed by atoms with van der Waals surface area (Å²) in [6.07, 6.45) is -0.320. The van der Waals surface area contributed by atoms with Gasteiger partial charge in [0.25, 0.3) is 0 Å². The summed E-state index contributed by atoms with van der Waals surface area (Å²) < 4.78 is 53.9. The summed E-state index contributed by atoms with van der Waals surface area (Å²) in [4.78, 5) is 3.96. The molecule has 2 aromatic carbocycles. The first kappa shape index (κ1) is 20.7. The fraction of sp³-hybridized carbons (Fsp3) is 0.316. The molecule has 0 aliphatic rings. The lowest BCUT2D eigenvalue weighted by atomic mass is 10.1. The zero-order valence-corrected chi connectivity index (χ0v) is 14.8. The van der Waals surface area contributed by atoms with Gasteiger partial charge in [-0.3, -0.25) is 0 Å². The second kappa shape index (κ2) is 9.91. The van der Waals surface area contributed by atoms with Crippen LogP contribution in [0.3, 0.4) is 0 Å². The number of nitrogens with one attached hydrogen (secondary N) is 2. The van der Waals surface area contributed by atoms with E-state index in [1.54, 1.807) is 19.1 Å². The van der Waals surface area contributed by atoms with E-state index in [9.17, 15) is 22.7 Å². The van der Waals surface area contributed by atoms with Gasteiger partial charge in [-0.25, -0.2) is 22.6 Å². The maximum Gasteiger partial charge on any atom is 0.191 e. The van der Waals surface area contributed by atoms with Crippen LogP contribution in [-0.2, 0) is 6.54 Å². The Balaban J connectivity index is 2.01. The third-order valence-electron chi connectivity index (χ3n) is 3.84. The summed E-state index contributed by atoms with van der Waals surface area (Å²) >= 11 is 0. The number of nitrogens with zero attached hydrogens (tertiary/aromatic N) is 1. The van der Waals surface area contributed by atoms with Crippen molar-refractivity contribution < 1.29 is 22.7 Å². The van der Waals surface area contributed by atoms with E-state index in [0.717, 1.165) is 5.56 Å². The Morgan fingerprint density at radius 1 is 1.04 bits per heavy atom. The zero-order valence-electron chi connectivity index (χ0n) is 14.8. The molecule has 0 amide bonds. The second-order valence-electron chi connectivity index (χ2n) is 5.78. The van der Waals surface area contributed by atoms with E-state index in [4.69, 9.17) is 0 Å². The molecule has 0 heterocycles. The van der Waals surface area contributed by atoms with Gasteiger partial charge >= 0.3 is 0 Å². The van der Waals surface area contributed by atoms with Crippen molar-refractivity contribution in [2.24, 2.45) is 4.99 Å². The summed E-state index contributed by atoms with van der Waals surface area (Å²) in [6.45, 7) is 2.00. The van der Waals surface area contributed by atoms with Crippen LogP contribution in [0.25, 0.3) is 0 Å². The van der Waals surface area contributed by atoms with E-state index in [0.29, 0.717) is 19.5 Å². The maximum atomic E-state index is 13.7. The Morgan fingerprint density at radius 3 is 2.26 bits per heavy atom. The molecule has 1 atom stereocenters. The van der Waals surface area contributed by atoms with Gasteiger partial charge in [-0.2, -0.15) is 0 Å². The molecule has 146 valence electrons. The molecule has 0 fully saturated rings. The average Bonchev–Trinajstić information content (AvgIpc) is 2.67. The second-order valence-corrected chi connectivity index (χ2v) is 5.78. The molecule has 4 nitrogen and oxygen atoms in total. The van der Waals surface area contributed by atoms with Gasteiger partial charge < -0.3 is 15.7 Å². The number of aliphatic imine (C=N–C) groups is 1. The monoisotopic (exact) mass is 383 g/mol. The molecule has 0 radical (unpaired) electrons. The smallest absolute Gasteiger partial charge is 0.191 e. The highest BCUT2D eigenvalue weighted by Crippen LogP contribution is 2.20. The van der Waals surface area contributed by atoms with Crippen LogP contribution in [0.5, 0.6) is 0 Å². The minimum atomic E-state index is -1.47. The van der Waals surface area contributed by atoms with Crippen LogP contribution in [-0.4, -0.2) is 24.2 Å². The molecule has 27 heavy (non-hydrogen) atoms. The highest BCUT2D eigenvalue weighted by Gasteiger charge is 2.18. The van der Waals surface area contributed by atoms with E-state index < -0.39 is 41.5 Å². The van der Waals surface area contributed by atoms with E-state index in [1.165, 1.54) is 0 Å². The van der Waals surface area contributed by atoms with Crippen LogP contribution in [0, 0.1) is 23.3 Å². The number of aliphatic hydroxyl groups is 1. The van der Waals surface area contributed by atoms with Gasteiger partial charge in [0.05, 0.1) is 18.2 Å². The van der Waals surface area contributed by atoms with E-state index in [-0.39, 0.29) is 12.0 Å². The molecule has 3 N–H and O–H groups in total. The minimum Gasteiger partial charge on any atom is -0.388 e. The molecule has 0 bridgehead atoms. The Morgan fingerprint density at radius 2 is 1.67 bits per heavy atom. The quantitative estimate of drug-likeness (QED) is 0.297. The SMILES string of the molecule is CCNC(=NCc1c(F)c(F)cc(F)c1F)NCCC(O)c1ccccc1. The molecule has 0 saturated heterocycles. The lowest BCUT2D eigenvalue weighted by Crippen LogP contribution is -2.38.